The van der Waals surface area contributed by atoms with Crippen molar-refractivity contribution in [1.82, 2.24) is 5.32 Å². The molecule has 1 amide bonds. The first kappa shape index (κ1) is 18.1. The van der Waals surface area contributed by atoms with Gasteiger partial charge in [-0.3, -0.25) is 4.79 Å². The smallest absolute Gasteiger partial charge is 0.224 e. The highest BCUT2D eigenvalue weighted by Gasteiger charge is 2.15. The van der Waals surface area contributed by atoms with Gasteiger partial charge in [-0.2, -0.15) is 0 Å². The minimum atomic E-state index is -0.191. The van der Waals surface area contributed by atoms with Crippen LogP contribution in [0.1, 0.15) is 20.3 Å². The number of ether oxygens (including phenoxy) is 3. The lowest BCUT2D eigenvalue weighted by molar-refractivity contribution is -0.124. The maximum Gasteiger partial charge on any atom is 0.224 e. The molecule has 1 rings (SSSR count). The summed E-state index contributed by atoms with van der Waals surface area (Å²) in [7, 11) is 3.18. The van der Waals surface area contributed by atoms with Crippen LogP contribution in [0.5, 0.6) is 17.2 Å². The number of methoxy groups -OCH3 is 2. The molecule has 0 aliphatic rings. The van der Waals surface area contributed by atoms with Crippen molar-refractivity contribution in [2.75, 3.05) is 27.4 Å². The van der Waals surface area contributed by atoms with Crippen molar-refractivity contribution >= 4 is 5.91 Å². The molecule has 0 aliphatic carbocycles. The molecule has 0 saturated heterocycles. The van der Waals surface area contributed by atoms with Gasteiger partial charge in [-0.25, -0.2) is 0 Å². The zero-order valence-corrected chi connectivity index (χ0v) is 13.7. The van der Waals surface area contributed by atoms with Crippen LogP contribution < -0.4 is 25.3 Å². The minimum absolute atomic E-state index is 0.0296. The molecule has 1 aromatic rings. The molecule has 0 bridgehead atoms. The summed E-state index contributed by atoms with van der Waals surface area (Å²) >= 11 is 0. The fourth-order valence-corrected chi connectivity index (χ4v) is 1.74. The van der Waals surface area contributed by atoms with Crippen molar-refractivity contribution in [2.24, 2.45) is 11.7 Å². The van der Waals surface area contributed by atoms with Crippen molar-refractivity contribution in [1.29, 1.82) is 0 Å². The minimum Gasteiger partial charge on any atom is -0.496 e. The van der Waals surface area contributed by atoms with Crippen LogP contribution >= 0.6 is 0 Å². The third-order valence-electron chi connectivity index (χ3n) is 3.42. The first-order chi connectivity index (χ1) is 10.5. The van der Waals surface area contributed by atoms with Crippen molar-refractivity contribution in [2.45, 2.75) is 26.3 Å². The van der Waals surface area contributed by atoms with E-state index < -0.39 is 0 Å². The number of nitrogens with two attached hydrogens (primary N) is 1. The van der Waals surface area contributed by atoms with E-state index in [1.54, 1.807) is 32.4 Å². The van der Waals surface area contributed by atoms with E-state index in [2.05, 4.69) is 5.32 Å². The van der Waals surface area contributed by atoms with Gasteiger partial charge >= 0.3 is 0 Å². The number of nitrogens with one attached hydrogen (secondary N) is 1. The molecular formula is C16H26N2O4. The second kappa shape index (κ2) is 9.15. The molecule has 0 fully saturated rings. The lowest BCUT2D eigenvalue weighted by Gasteiger charge is -2.15. The number of hydrogen-bond acceptors (Lipinski definition) is 5. The average Bonchev–Trinajstić information content (AvgIpc) is 2.52. The molecule has 0 aliphatic heterocycles. The molecule has 0 aromatic heterocycles. The summed E-state index contributed by atoms with van der Waals surface area (Å²) in [6, 6.07) is 5.21. The van der Waals surface area contributed by atoms with Gasteiger partial charge < -0.3 is 25.3 Å². The van der Waals surface area contributed by atoms with Crippen LogP contribution in [0.25, 0.3) is 0 Å². The molecule has 0 spiro atoms. The molecule has 2 atom stereocenters. The average molecular weight is 310 g/mol. The summed E-state index contributed by atoms with van der Waals surface area (Å²) in [5.74, 6) is 1.80. The summed E-state index contributed by atoms with van der Waals surface area (Å²) < 4.78 is 16.0. The summed E-state index contributed by atoms with van der Waals surface area (Å²) in [6.07, 6.45) is 0.705. The zero-order chi connectivity index (χ0) is 16.5. The SMILES string of the molecule is COc1cc(OC)cc(OCCCNC(=O)C(C)C(C)N)c1. The number of carbonyl (C=O) groups excluding carboxylic acids is 1. The van der Waals surface area contributed by atoms with Crippen LogP contribution in [0.3, 0.4) is 0 Å². The van der Waals surface area contributed by atoms with E-state index in [0.717, 1.165) is 0 Å². The molecule has 6 heteroatoms. The van der Waals surface area contributed by atoms with Crippen LogP contribution in [0.15, 0.2) is 18.2 Å². The van der Waals surface area contributed by atoms with Crippen LogP contribution in [0.2, 0.25) is 0 Å². The van der Waals surface area contributed by atoms with Gasteiger partial charge in [0.25, 0.3) is 0 Å². The Labute approximate surface area is 131 Å². The molecule has 3 N–H and O–H groups in total. The Balaban J connectivity index is 2.34. The first-order valence-corrected chi connectivity index (χ1v) is 7.37. The Hall–Kier alpha value is -1.95. The quantitative estimate of drug-likeness (QED) is 0.677. The number of rotatable bonds is 9. The Morgan fingerprint density at radius 2 is 1.68 bits per heavy atom. The van der Waals surface area contributed by atoms with Crippen LogP contribution in [0, 0.1) is 5.92 Å². The third-order valence-corrected chi connectivity index (χ3v) is 3.42. The topological polar surface area (TPSA) is 82.8 Å². The maximum absolute atomic E-state index is 11.7. The fraction of sp³-hybridized carbons (Fsp3) is 0.562. The highest BCUT2D eigenvalue weighted by molar-refractivity contribution is 5.78. The highest BCUT2D eigenvalue weighted by atomic mass is 16.5. The van der Waals surface area contributed by atoms with Gasteiger partial charge in [0.1, 0.15) is 17.2 Å². The van der Waals surface area contributed by atoms with E-state index >= 15 is 0 Å². The van der Waals surface area contributed by atoms with Gasteiger partial charge in [0, 0.05) is 36.7 Å². The van der Waals surface area contributed by atoms with E-state index in [1.165, 1.54) is 0 Å². The molecular weight excluding hydrogens is 284 g/mol. The standard InChI is InChI=1S/C16H26N2O4/c1-11(12(2)17)16(19)18-6-5-7-22-15-9-13(20-3)8-14(10-15)21-4/h8-12H,5-7,17H2,1-4H3,(H,18,19). The Morgan fingerprint density at radius 1 is 1.14 bits per heavy atom. The molecule has 2 unspecified atom stereocenters. The predicted molar refractivity (Wildman–Crippen MR) is 85.5 cm³/mol. The summed E-state index contributed by atoms with van der Waals surface area (Å²) in [5, 5.41) is 2.85. The Kier molecular flexibility index (Phi) is 7.52. The van der Waals surface area contributed by atoms with E-state index in [0.29, 0.717) is 36.8 Å². The second-order valence-electron chi connectivity index (χ2n) is 5.19. The highest BCUT2D eigenvalue weighted by Crippen LogP contribution is 2.27. The number of benzene rings is 1. The van der Waals surface area contributed by atoms with Crippen molar-refractivity contribution in [3.8, 4) is 17.2 Å². The monoisotopic (exact) mass is 310 g/mol. The van der Waals surface area contributed by atoms with E-state index in [9.17, 15) is 4.79 Å². The van der Waals surface area contributed by atoms with Crippen molar-refractivity contribution in [3.63, 3.8) is 0 Å². The van der Waals surface area contributed by atoms with Crippen molar-refractivity contribution < 1.29 is 19.0 Å². The normalized spacial score (nSPS) is 13.1. The van der Waals surface area contributed by atoms with Crippen LogP contribution in [-0.4, -0.2) is 39.3 Å². The Bertz CT molecular complexity index is 455. The van der Waals surface area contributed by atoms with Gasteiger partial charge in [0.15, 0.2) is 0 Å². The predicted octanol–water partition coefficient (Wildman–Crippen LogP) is 1.57. The zero-order valence-electron chi connectivity index (χ0n) is 13.7. The fourth-order valence-electron chi connectivity index (χ4n) is 1.74. The molecule has 22 heavy (non-hydrogen) atoms. The second-order valence-corrected chi connectivity index (χ2v) is 5.19. The van der Waals surface area contributed by atoms with E-state index in [4.69, 9.17) is 19.9 Å². The summed E-state index contributed by atoms with van der Waals surface area (Å²) in [5.41, 5.74) is 5.69. The molecule has 0 radical (unpaired) electrons. The molecule has 0 saturated carbocycles. The van der Waals surface area contributed by atoms with Gasteiger partial charge in [-0.05, 0) is 13.3 Å². The third kappa shape index (κ3) is 5.81. The summed E-state index contributed by atoms with van der Waals surface area (Å²) in [6.45, 7) is 4.68. The van der Waals surface area contributed by atoms with E-state index in [-0.39, 0.29) is 17.9 Å². The van der Waals surface area contributed by atoms with Gasteiger partial charge in [-0.15, -0.1) is 0 Å². The lowest BCUT2D eigenvalue weighted by Crippen LogP contribution is -2.39. The number of carbonyl (C=O) groups is 1. The maximum atomic E-state index is 11.7. The van der Waals surface area contributed by atoms with Gasteiger partial charge in [0.2, 0.25) is 5.91 Å². The lowest BCUT2D eigenvalue weighted by atomic mass is 10.0. The molecule has 124 valence electrons. The van der Waals surface area contributed by atoms with Gasteiger partial charge in [0.05, 0.1) is 20.8 Å². The molecule has 1 aromatic carbocycles. The number of hydrogen-bond donors (Lipinski definition) is 2. The van der Waals surface area contributed by atoms with Gasteiger partial charge in [-0.1, -0.05) is 6.92 Å². The van der Waals surface area contributed by atoms with Crippen molar-refractivity contribution in [3.05, 3.63) is 18.2 Å². The molecule has 0 heterocycles. The Morgan fingerprint density at radius 3 is 2.18 bits per heavy atom. The van der Waals surface area contributed by atoms with Crippen LogP contribution in [-0.2, 0) is 4.79 Å². The van der Waals surface area contributed by atoms with Crippen LogP contribution in [0.4, 0.5) is 0 Å². The van der Waals surface area contributed by atoms with E-state index in [1.807, 2.05) is 13.8 Å². The molecule has 6 nitrogen and oxygen atoms in total. The first-order valence-electron chi connectivity index (χ1n) is 7.37. The largest absolute Gasteiger partial charge is 0.496 e. The summed E-state index contributed by atoms with van der Waals surface area (Å²) in [4.78, 5) is 11.7. The number of amides is 1.